The molecule has 0 fully saturated rings. The lowest BCUT2D eigenvalue weighted by atomic mass is 10.0. The van der Waals surface area contributed by atoms with Crippen LogP contribution in [0, 0.1) is 13.8 Å². The van der Waals surface area contributed by atoms with Gasteiger partial charge in [-0.25, -0.2) is 4.79 Å². The van der Waals surface area contributed by atoms with Crippen molar-refractivity contribution in [1.82, 2.24) is 0 Å². The zero-order chi connectivity index (χ0) is 17.7. The molecule has 1 aromatic heterocycles. The number of hydrogen-bond acceptors (Lipinski definition) is 4. The van der Waals surface area contributed by atoms with Gasteiger partial charge in [-0.15, -0.1) is 0 Å². The second-order valence-corrected chi connectivity index (χ2v) is 6.94. The molecule has 1 aliphatic heterocycles. The lowest BCUT2D eigenvalue weighted by Gasteiger charge is -2.31. The Morgan fingerprint density at radius 2 is 1.84 bits per heavy atom. The van der Waals surface area contributed by atoms with Crippen LogP contribution in [0.15, 0.2) is 39.5 Å². The number of fused-ring (bicyclic) bond motifs is 3. The summed E-state index contributed by atoms with van der Waals surface area (Å²) in [6.07, 6.45) is 0. The molecule has 25 heavy (non-hydrogen) atoms. The van der Waals surface area contributed by atoms with E-state index in [4.69, 9.17) is 32.4 Å². The zero-order valence-corrected chi connectivity index (χ0v) is 15.2. The van der Waals surface area contributed by atoms with E-state index >= 15 is 0 Å². The Morgan fingerprint density at radius 1 is 1.04 bits per heavy atom. The van der Waals surface area contributed by atoms with Crippen LogP contribution in [0.3, 0.4) is 0 Å². The maximum Gasteiger partial charge on any atom is 0.339 e. The number of anilines is 1. The van der Waals surface area contributed by atoms with Crippen molar-refractivity contribution in [3.63, 3.8) is 0 Å². The molecule has 4 rings (SSSR count). The third-order valence-electron chi connectivity index (χ3n) is 4.68. The minimum Gasteiger partial charge on any atom is -0.473 e. The number of halogens is 2. The van der Waals surface area contributed by atoms with Gasteiger partial charge in [-0.1, -0.05) is 23.2 Å². The average Bonchev–Trinajstić information content (AvgIpc) is 2.61. The standard InChI is InChI=1S/C19H15Cl2NO3/c1-10-11(2)19(23)25-18-13(10)4-6-17-14(18)8-22(9-24-17)12-3-5-15(20)16(21)7-12/h3-7H,8-9H2,1-2H3. The van der Waals surface area contributed by atoms with Crippen LogP contribution in [-0.4, -0.2) is 6.73 Å². The van der Waals surface area contributed by atoms with Gasteiger partial charge in [-0.3, -0.25) is 0 Å². The lowest BCUT2D eigenvalue weighted by Crippen LogP contribution is -2.32. The first-order valence-electron chi connectivity index (χ1n) is 7.84. The van der Waals surface area contributed by atoms with Crippen LogP contribution in [-0.2, 0) is 6.54 Å². The molecule has 2 aromatic carbocycles. The fraction of sp³-hybridized carbons (Fsp3) is 0.211. The van der Waals surface area contributed by atoms with Crippen LogP contribution < -0.4 is 15.3 Å². The normalized spacial score (nSPS) is 13.7. The summed E-state index contributed by atoms with van der Waals surface area (Å²) in [7, 11) is 0. The summed E-state index contributed by atoms with van der Waals surface area (Å²) >= 11 is 12.1. The van der Waals surface area contributed by atoms with Crippen LogP contribution in [0.4, 0.5) is 5.69 Å². The molecule has 3 aromatic rings. The molecule has 0 radical (unpaired) electrons. The van der Waals surface area contributed by atoms with E-state index in [9.17, 15) is 4.79 Å². The average molecular weight is 376 g/mol. The van der Waals surface area contributed by atoms with Crippen LogP contribution in [0.1, 0.15) is 16.7 Å². The molecular formula is C19H15Cl2NO3. The topological polar surface area (TPSA) is 42.7 Å². The number of ether oxygens (including phenoxy) is 1. The van der Waals surface area contributed by atoms with Gasteiger partial charge in [0.05, 0.1) is 22.2 Å². The maximum absolute atomic E-state index is 12.1. The Bertz CT molecular complexity index is 1060. The first-order valence-corrected chi connectivity index (χ1v) is 8.60. The molecular weight excluding hydrogens is 361 g/mol. The summed E-state index contributed by atoms with van der Waals surface area (Å²) in [5.41, 5.74) is 3.57. The SMILES string of the molecule is Cc1c(C)c2ccc3c(c2oc1=O)CN(c1ccc(Cl)c(Cl)c1)CO3. The highest BCUT2D eigenvalue weighted by atomic mass is 35.5. The van der Waals surface area contributed by atoms with Crippen LogP contribution >= 0.6 is 23.2 Å². The third-order valence-corrected chi connectivity index (χ3v) is 5.42. The molecule has 4 nitrogen and oxygen atoms in total. The molecule has 0 atom stereocenters. The minimum absolute atomic E-state index is 0.315. The van der Waals surface area contributed by atoms with Gasteiger partial charge < -0.3 is 14.1 Å². The monoisotopic (exact) mass is 375 g/mol. The molecule has 6 heteroatoms. The van der Waals surface area contributed by atoms with E-state index in [1.165, 1.54) is 0 Å². The molecule has 0 bridgehead atoms. The highest BCUT2D eigenvalue weighted by molar-refractivity contribution is 6.42. The summed E-state index contributed by atoms with van der Waals surface area (Å²) < 4.78 is 11.5. The maximum atomic E-state index is 12.1. The largest absolute Gasteiger partial charge is 0.473 e. The first kappa shape index (κ1) is 16.3. The molecule has 128 valence electrons. The lowest BCUT2D eigenvalue weighted by molar-refractivity contribution is 0.289. The van der Waals surface area contributed by atoms with Gasteiger partial charge in [0.1, 0.15) is 11.3 Å². The Labute approximate surface area is 154 Å². The Balaban J connectivity index is 1.84. The van der Waals surface area contributed by atoms with Crippen molar-refractivity contribution in [2.75, 3.05) is 11.6 Å². The predicted molar refractivity (Wildman–Crippen MR) is 100 cm³/mol. The fourth-order valence-electron chi connectivity index (χ4n) is 3.06. The number of nitrogens with zero attached hydrogens (tertiary/aromatic N) is 1. The molecule has 1 aliphatic rings. The van der Waals surface area contributed by atoms with Gasteiger partial charge >= 0.3 is 5.63 Å². The van der Waals surface area contributed by atoms with Gasteiger partial charge in [0.25, 0.3) is 0 Å². The van der Waals surface area contributed by atoms with E-state index < -0.39 is 0 Å². The predicted octanol–water partition coefficient (Wildman–Crippen LogP) is 5.07. The van der Waals surface area contributed by atoms with Gasteiger partial charge in [-0.2, -0.15) is 0 Å². The number of benzene rings is 2. The van der Waals surface area contributed by atoms with Crippen molar-refractivity contribution in [2.24, 2.45) is 0 Å². The minimum atomic E-state index is -0.315. The highest BCUT2D eigenvalue weighted by Crippen LogP contribution is 2.36. The highest BCUT2D eigenvalue weighted by Gasteiger charge is 2.23. The van der Waals surface area contributed by atoms with Crippen molar-refractivity contribution in [2.45, 2.75) is 20.4 Å². The van der Waals surface area contributed by atoms with Gasteiger partial charge in [0.15, 0.2) is 6.73 Å². The van der Waals surface area contributed by atoms with Gasteiger partial charge in [-0.05, 0) is 49.7 Å². The zero-order valence-electron chi connectivity index (χ0n) is 13.7. The van der Waals surface area contributed by atoms with E-state index in [0.29, 0.717) is 34.5 Å². The molecule has 0 amide bonds. The van der Waals surface area contributed by atoms with E-state index in [0.717, 1.165) is 28.0 Å². The molecule has 0 saturated heterocycles. The van der Waals surface area contributed by atoms with Crippen LogP contribution in [0.5, 0.6) is 5.75 Å². The summed E-state index contributed by atoms with van der Waals surface area (Å²) in [6.45, 7) is 4.64. The van der Waals surface area contributed by atoms with E-state index in [2.05, 4.69) is 0 Å². The van der Waals surface area contributed by atoms with Crippen molar-refractivity contribution in [1.29, 1.82) is 0 Å². The number of aryl methyl sites for hydroxylation is 1. The Kier molecular flexibility index (Phi) is 3.89. The molecule has 0 unspecified atom stereocenters. The van der Waals surface area contributed by atoms with Crippen molar-refractivity contribution >= 4 is 39.9 Å². The quantitative estimate of drug-likeness (QED) is 0.556. The number of rotatable bonds is 1. The Hall–Kier alpha value is -2.17. The summed E-state index contributed by atoms with van der Waals surface area (Å²) in [5, 5.41) is 1.92. The van der Waals surface area contributed by atoms with Crippen molar-refractivity contribution in [3.05, 3.63) is 67.5 Å². The molecule has 0 saturated carbocycles. The number of hydrogen-bond donors (Lipinski definition) is 0. The van der Waals surface area contributed by atoms with E-state index in [-0.39, 0.29) is 5.63 Å². The van der Waals surface area contributed by atoms with E-state index in [1.54, 1.807) is 19.1 Å². The second kappa shape index (κ2) is 5.97. The Morgan fingerprint density at radius 3 is 2.60 bits per heavy atom. The van der Waals surface area contributed by atoms with Crippen molar-refractivity contribution < 1.29 is 9.15 Å². The second-order valence-electron chi connectivity index (χ2n) is 6.13. The van der Waals surface area contributed by atoms with Crippen LogP contribution in [0.2, 0.25) is 10.0 Å². The molecule has 0 aliphatic carbocycles. The summed E-state index contributed by atoms with van der Waals surface area (Å²) in [5.74, 6) is 0.732. The van der Waals surface area contributed by atoms with Crippen molar-refractivity contribution in [3.8, 4) is 5.75 Å². The molecule has 0 spiro atoms. The summed E-state index contributed by atoms with van der Waals surface area (Å²) in [4.78, 5) is 14.1. The van der Waals surface area contributed by atoms with Crippen LogP contribution in [0.25, 0.3) is 11.0 Å². The summed E-state index contributed by atoms with van der Waals surface area (Å²) in [6, 6.07) is 9.31. The fourth-order valence-corrected chi connectivity index (χ4v) is 3.35. The first-order chi connectivity index (χ1) is 12.0. The molecule has 0 N–H and O–H groups in total. The third kappa shape index (κ3) is 2.66. The molecule has 2 heterocycles. The van der Waals surface area contributed by atoms with Gasteiger partial charge in [0.2, 0.25) is 0 Å². The smallest absolute Gasteiger partial charge is 0.339 e. The van der Waals surface area contributed by atoms with E-state index in [1.807, 2.05) is 30.0 Å². The van der Waals surface area contributed by atoms with Gasteiger partial charge in [0, 0.05) is 16.6 Å².